The third-order valence-corrected chi connectivity index (χ3v) is 12.3. The van der Waals surface area contributed by atoms with Crippen LogP contribution in [0.25, 0.3) is 5.00 Å². The molecule has 8 rings (SSSR count). The van der Waals surface area contributed by atoms with Crippen LogP contribution in [-0.2, 0) is 17.8 Å². The fourth-order valence-electron chi connectivity index (χ4n) is 7.46. The molecule has 1 fully saturated rings. The normalized spacial score (nSPS) is 17.1. The lowest BCUT2D eigenvalue weighted by Crippen LogP contribution is -2.40. The van der Waals surface area contributed by atoms with Crippen LogP contribution in [0.1, 0.15) is 92.4 Å². The van der Waals surface area contributed by atoms with Gasteiger partial charge in [0, 0.05) is 41.7 Å². The van der Waals surface area contributed by atoms with Crippen molar-refractivity contribution >= 4 is 46.3 Å². The van der Waals surface area contributed by atoms with Crippen LogP contribution in [0.15, 0.2) is 76.5 Å². The molecule has 0 saturated heterocycles. The van der Waals surface area contributed by atoms with E-state index in [1.165, 1.54) is 4.88 Å². The lowest BCUT2D eigenvalue weighted by molar-refractivity contribution is -0.119. The minimum Gasteiger partial charge on any atom is -0.490 e. The van der Waals surface area contributed by atoms with Gasteiger partial charge in [0.15, 0.2) is 23.2 Å². The van der Waals surface area contributed by atoms with Crippen LogP contribution in [0, 0.1) is 32.1 Å². The van der Waals surface area contributed by atoms with Crippen molar-refractivity contribution in [2.45, 2.75) is 77.6 Å². The smallest absolute Gasteiger partial charge is 0.272 e. The Labute approximate surface area is 355 Å². The van der Waals surface area contributed by atoms with E-state index in [1.807, 2.05) is 37.3 Å². The number of rotatable bonds is 12. The maximum absolute atomic E-state index is 13.0. The van der Waals surface area contributed by atoms with E-state index in [4.69, 9.17) is 31.0 Å². The van der Waals surface area contributed by atoms with Crippen LogP contribution in [0.3, 0.4) is 0 Å². The standard InChI is InChI=1S/C43H42ClN11O4S/c1-24-25(2)60-43-39(24)40(49-35(20-38-46-17-18-58-38)41-53-50-26(3)55(41)43)28-7-5-27(6-8-28)22-47-37(56)23-54(4)36-16-15-34(51-52-36)42(57)48-30-10-13-31(14-11-30)59-32-12-9-29(21-45)33(44)19-32/h5-9,12,15-19,30-31,35H,10-11,13-14,20,22-23H2,1-4H3,(H,47,56)(H,48,57)/t30-,31-,35-/m0/s1. The molecule has 1 aliphatic carbocycles. The van der Waals surface area contributed by atoms with Gasteiger partial charge in [0.25, 0.3) is 5.91 Å². The van der Waals surface area contributed by atoms with Crippen LogP contribution >= 0.6 is 22.9 Å². The van der Waals surface area contributed by atoms with Gasteiger partial charge in [-0.15, -0.1) is 31.7 Å². The predicted octanol–water partition coefficient (Wildman–Crippen LogP) is 6.56. The molecule has 0 radical (unpaired) electrons. The molecule has 60 heavy (non-hydrogen) atoms. The molecule has 1 atom stereocenters. The first kappa shape index (κ1) is 40.3. The maximum atomic E-state index is 13.0. The van der Waals surface area contributed by atoms with Gasteiger partial charge in [0.05, 0.1) is 41.6 Å². The average Bonchev–Trinajstić information content (AvgIpc) is 3.96. The number of amides is 2. The molecule has 2 aromatic carbocycles. The molecule has 2 aliphatic rings. The number of carbonyl (C=O) groups is 2. The number of carbonyl (C=O) groups excluding carboxylic acids is 2. The minimum absolute atomic E-state index is 0.00786. The molecule has 1 saturated carbocycles. The van der Waals surface area contributed by atoms with E-state index in [1.54, 1.807) is 66.1 Å². The van der Waals surface area contributed by atoms with E-state index >= 15 is 0 Å². The van der Waals surface area contributed by atoms with Crippen molar-refractivity contribution in [3.63, 3.8) is 0 Å². The summed E-state index contributed by atoms with van der Waals surface area (Å²) >= 11 is 7.85. The number of anilines is 1. The van der Waals surface area contributed by atoms with Gasteiger partial charge in [-0.3, -0.25) is 19.1 Å². The number of benzene rings is 2. The SMILES string of the molecule is Cc1sc2c(c1C)C(c1ccc(CNC(=O)CN(C)c3ccc(C(=O)N[C@H]4CC[C@H](Oc5ccc(C#N)c(Cl)c5)CC4)nn3)cc1)=N[C@@H](Cc1ncco1)c1nnc(C)n1-2. The van der Waals surface area contributed by atoms with Crippen molar-refractivity contribution < 1.29 is 18.7 Å². The van der Waals surface area contributed by atoms with Crippen LogP contribution in [0.2, 0.25) is 5.02 Å². The minimum atomic E-state index is -0.367. The molecular weight excluding hydrogens is 802 g/mol. The second-order valence-corrected chi connectivity index (χ2v) is 16.6. The largest absolute Gasteiger partial charge is 0.490 e. The number of aliphatic imine (C=N–C) groups is 1. The topological polar surface area (TPSA) is 189 Å². The van der Waals surface area contributed by atoms with Crippen LogP contribution in [0.4, 0.5) is 5.82 Å². The summed E-state index contributed by atoms with van der Waals surface area (Å²) < 4.78 is 13.8. The van der Waals surface area contributed by atoms with E-state index in [2.05, 4.69) is 54.4 Å². The molecule has 4 aromatic heterocycles. The quantitative estimate of drug-likeness (QED) is 0.136. The Bertz CT molecular complexity index is 2590. The molecular formula is C43H42ClN11O4S. The van der Waals surface area contributed by atoms with Gasteiger partial charge >= 0.3 is 0 Å². The Morgan fingerprint density at radius 1 is 1.03 bits per heavy atom. The fourth-order valence-corrected chi connectivity index (χ4v) is 8.89. The van der Waals surface area contributed by atoms with Gasteiger partial charge in [0.1, 0.15) is 34.9 Å². The van der Waals surface area contributed by atoms with Crippen molar-refractivity contribution in [2.75, 3.05) is 18.5 Å². The average molecular weight is 844 g/mol. The van der Waals surface area contributed by atoms with Crippen molar-refractivity contribution in [3.8, 4) is 16.8 Å². The van der Waals surface area contributed by atoms with Gasteiger partial charge < -0.3 is 24.7 Å². The van der Waals surface area contributed by atoms with Gasteiger partial charge in [-0.05, 0) is 81.8 Å². The number of ether oxygens (including phenoxy) is 1. The number of hydrogen-bond acceptors (Lipinski definition) is 13. The van der Waals surface area contributed by atoms with E-state index in [0.717, 1.165) is 70.3 Å². The summed E-state index contributed by atoms with van der Waals surface area (Å²) in [5, 5.41) is 33.9. The zero-order valence-electron chi connectivity index (χ0n) is 33.5. The Kier molecular flexibility index (Phi) is 11.7. The summed E-state index contributed by atoms with van der Waals surface area (Å²) in [6, 6.07) is 18.1. The number of hydrogen-bond donors (Lipinski definition) is 2. The number of aryl methyl sites for hydroxylation is 2. The Morgan fingerprint density at radius 2 is 1.83 bits per heavy atom. The molecule has 17 heteroatoms. The summed E-state index contributed by atoms with van der Waals surface area (Å²) in [6.45, 7) is 6.56. The fraction of sp³-hybridized carbons (Fsp3) is 0.326. The highest BCUT2D eigenvalue weighted by atomic mass is 35.5. The number of nitrogens with one attached hydrogen (secondary N) is 2. The zero-order chi connectivity index (χ0) is 41.9. The molecule has 2 amide bonds. The van der Waals surface area contributed by atoms with E-state index < -0.39 is 0 Å². The first-order chi connectivity index (χ1) is 29.0. The molecule has 306 valence electrons. The highest BCUT2D eigenvalue weighted by Gasteiger charge is 2.32. The van der Waals surface area contributed by atoms with E-state index in [0.29, 0.717) is 41.0 Å². The molecule has 0 spiro atoms. The van der Waals surface area contributed by atoms with Gasteiger partial charge in [-0.1, -0.05) is 35.9 Å². The van der Waals surface area contributed by atoms with Crippen molar-refractivity contribution in [2.24, 2.45) is 4.99 Å². The summed E-state index contributed by atoms with van der Waals surface area (Å²) in [6.07, 6.45) is 6.63. The van der Waals surface area contributed by atoms with Gasteiger partial charge in [-0.2, -0.15) is 5.26 Å². The Morgan fingerprint density at radius 3 is 2.53 bits per heavy atom. The molecule has 1 aliphatic heterocycles. The second-order valence-electron chi connectivity index (χ2n) is 15.0. The monoisotopic (exact) mass is 843 g/mol. The summed E-state index contributed by atoms with van der Waals surface area (Å²) in [5.41, 5.74) is 5.54. The van der Waals surface area contributed by atoms with Crippen LogP contribution in [-0.4, -0.2) is 73.2 Å². The molecule has 2 N–H and O–H groups in total. The number of thiophene rings is 1. The number of nitrogens with zero attached hydrogens (tertiary/aromatic N) is 9. The third kappa shape index (κ3) is 8.63. The summed E-state index contributed by atoms with van der Waals surface area (Å²) in [5.74, 6) is 2.69. The molecule has 15 nitrogen and oxygen atoms in total. The lowest BCUT2D eigenvalue weighted by atomic mass is 9.93. The highest BCUT2D eigenvalue weighted by Crippen LogP contribution is 2.39. The lowest BCUT2D eigenvalue weighted by Gasteiger charge is -2.29. The maximum Gasteiger partial charge on any atom is 0.272 e. The summed E-state index contributed by atoms with van der Waals surface area (Å²) in [4.78, 5) is 38.6. The van der Waals surface area contributed by atoms with E-state index in [-0.39, 0.29) is 42.2 Å². The number of halogens is 1. The highest BCUT2D eigenvalue weighted by molar-refractivity contribution is 7.15. The Hall–Kier alpha value is -6.44. The van der Waals surface area contributed by atoms with Crippen LogP contribution < -0.4 is 20.3 Å². The number of aromatic nitrogens is 6. The van der Waals surface area contributed by atoms with Crippen LogP contribution in [0.5, 0.6) is 5.75 Å². The second kappa shape index (κ2) is 17.4. The molecule has 5 heterocycles. The van der Waals surface area contributed by atoms with Crippen molar-refractivity contribution in [3.05, 3.63) is 128 Å². The number of likely N-dealkylation sites (N-methyl/N-ethyl adjacent to an activating group) is 1. The molecule has 6 aromatic rings. The third-order valence-electron chi connectivity index (χ3n) is 10.8. The van der Waals surface area contributed by atoms with Gasteiger partial charge in [-0.25, -0.2) is 4.98 Å². The molecule has 0 bridgehead atoms. The van der Waals surface area contributed by atoms with Crippen molar-refractivity contribution in [1.29, 1.82) is 5.26 Å². The number of nitriles is 1. The first-order valence-electron chi connectivity index (χ1n) is 19.6. The van der Waals surface area contributed by atoms with Crippen molar-refractivity contribution in [1.82, 2.24) is 40.6 Å². The predicted molar refractivity (Wildman–Crippen MR) is 226 cm³/mol. The first-order valence-corrected chi connectivity index (χ1v) is 20.8. The summed E-state index contributed by atoms with van der Waals surface area (Å²) in [7, 11) is 1.75. The van der Waals surface area contributed by atoms with Gasteiger partial charge in [0.2, 0.25) is 5.91 Å². The Balaban J connectivity index is 0.842. The number of fused-ring (bicyclic) bond motifs is 3. The van der Waals surface area contributed by atoms with E-state index in [9.17, 15) is 9.59 Å². The molecule has 0 unspecified atom stereocenters. The number of oxazole rings is 1. The zero-order valence-corrected chi connectivity index (χ0v) is 35.0.